The second-order valence-corrected chi connectivity index (χ2v) is 9.53. The molecule has 0 saturated carbocycles. The molecule has 6 nitrogen and oxygen atoms in total. The van der Waals surface area contributed by atoms with Crippen LogP contribution >= 0.6 is 0 Å². The lowest BCUT2D eigenvalue weighted by molar-refractivity contribution is -0.906. The molecule has 0 bridgehead atoms. The molecule has 0 spiro atoms. The van der Waals surface area contributed by atoms with Crippen LogP contribution < -0.4 is 4.90 Å². The number of nitrogens with one attached hydrogen (secondary N) is 1. The summed E-state index contributed by atoms with van der Waals surface area (Å²) in [5, 5.41) is 9.21. The van der Waals surface area contributed by atoms with Crippen LogP contribution in [0.25, 0.3) is 0 Å². The average molecular weight is 457 g/mol. The Kier molecular flexibility index (Phi) is 7.14. The molecule has 2 heterocycles. The molecule has 1 N–H and O–H groups in total. The van der Waals surface area contributed by atoms with E-state index in [0.29, 0.717) is 29.7 Å². The zero-order valence-corrected chi connectivity index (χ0v) is 20.4. The van der Waals surface area contributed by atoms with Gasteiger partial charge in [0.25, 0.3) is 0 Å². The van der Waals surface area contributed by atoms with Crippen LogP contribution in [0.15, 0.2) is 55.0 Å². The largest absolute Gasteiger partial charge is 0.352 e. The number of carbonyl (C=O) groups is 1. The summed E-state index contributed by atoms with van der Waals surface area (Å²) in [5.74, 6) is 0.229. The van der Waals surface area contributed by atoms with Crippen molar-refractivity contribution in [3.05, 3.63) is 82.9 Å². The molecule has 176 valence electrons. The van der Waals surface area contributed by atoms with E-state index in [1.165, 1.54) is 11.1 Å². The molecule has 3 aromatic rings. The van der Waals surface area contributed by atoms with Gasteiger partial charge in [-0.25, -0.2) is 14.3 Å². The van der Waals surface area contributed by atoms with E-state index in [0.717, 1.165) is 42.8 Å². The van der Waals surface area contributed by atoms with E-state index in [1.807, 2.05) is 30.5 Å². The first kappa shape index (κ1) is 23.7. The van der Waals surface area contributed by atoms with Gasteiger partial charge in [0.15, 0.2) is 0 Å². The number of nitriles is 1. The third-order valence-corrected chi connectivity index (χ3v) is 7.32. The normalized spacial score (nSPS) is 20.4. The number of amides is 1. The first-order valence-electron chi connectivity index (χ1n) is 12.1. The molecule has 34 heavy (non-hydrogen) atoms. The van der Waals surface area contributed by atoms with Crippen LogP contribution in [0.1, 0.15) is 54.1 Å². The third kappa shape index (κ3) is 4.76. The van der Waals surface area contributed by atoms with Crippen molar-refractivity contribution in [2.24, 2.45) is 0 Å². The van der Waals surface area contributed by atoms with Crippen molar-refractivity contribution in [3.8, 4) is 6.07 Å². The number of quaternary nitrogens is 1. The Labute approximate surface area is 202 Å². The maximum absolute atomic E-state index is 14.2. The lowest BCUT2D eigenvalue weighted by atomic mass is 9.96. The highest BCUT2D eigenvalue weighted by molar-refractivity contribution is 5.78. The van der Waals surface area contributed by atoms with Crippen molar-refractivity contribution < 1.29 is 9.28 Å². The van der Waals surface area contributed by atoms with E-state index < -0.39 is 0 Å². The fraction of sp³-hybridized carbons (Fsp3) is 0.393. The lowest BCUT2D eigenvalue weighted by Crippen LogP contribution is -2.68. The van der Waals surface area contributed by atoms with Crippen LogP contribution in [0.5, 0.6) is 0 Å². The summed E-state index contributed by atoms with van der Waals surface area (Å²) in [6.07, 6.45) is 6.67. The number of carbonyl (C=O) groups excluding carboxylic acids is 1. The number of imidazole rings is 1. The molecule has 1 unspecified atom stereocenters. The average Bonchev–Trinajstić information content (AvgIpc) is 3.35. The predicted octanol–water partition coefficient (Wildman–Crippen LogP) is 5.02. The van der Waals surface area contributed by atoms with Gasteiger partial charge in [-0.05, 0) is 49.6 Å². The van der Waals surface area contributed by atoms with E-state index in [4.69, 9.17) is 0 Å². The number of rotatable bonds is 8. The van der Waals surface area contributed by atoms with Crippen molar-refractivity contribution in [1.29, 1.82) is 5.26 Å². The zero-order chi connectivity index (χ0) is 24.1. The molecule has 1 amide bonds. The molecule has 1 aliphatic heterocycles. The monoisotopic (exact) mass is 456 g/mol. The minimum Gasteiger partial charge on any atom is -0.352 e. The van der Waals surface area contributed by atoms with Gasteiger partial charge >= 0.3 is 5.91 Å². The summed E-state index contributed by atoms with van der Waals surface area (Å²) >= 11 is 0. The Hall–Kier alpha value is -3.43. The Balaban J connectivity index is 1.74. The van der Waals surface area contributed by atoms with E-state index in [1.54, 1.807) is 6.33 Å². The van der Waals surface area contributed by atoms with Gasteiger partial charge in [0.1, 0.15) is 25.7 Å². The Bertz CT molecular complexity index is 1160. The van der Waals surface area contributed by atoms with Gasteiger partial charge in [-0.2, -0.15) is 5.26 Å². The summed E-state index contributed by atoms with van der Waals surface area (Å²) in [6, 6.07) is 16.4. The summed E-state index contributed by atoms with van der Waals surface area (Å²) in [4.78, 5) is 23.9. The smallest absolute Gasteiger partial charge is 0.333 e. The minimum atomic E-state index is 0.153. The molecule has 0 radical (unpaired) electrons. The van der Waals surface area contributed by atoms with Gasteiger partial charge in [-0.3, -0.25) is 0 Å². The number of aromatic nitrogens is 2. The summed E-state index contributed by atoms with van der Waals surface area (Å²) in [7, 11) is 0. The zero-order valence-electron chi connectivity index (χ0n) is 20.4. The number of nitrogens with zero attached hydrogens (tertiary/aromatic N) is 4. The highest BCUT2D eigenvalue weighted by atomic mass is 16.2. The van der Waals surface area contributed by atoms with E-state index >= 15 is 0 Å². The fourth-order valence-electron chi connectivity index (χ4n) is 5.20. The second kappa shape index (κ2) is 10.2. The SMILES string of the molecule is CCCCC1CN(c2cccc(C)c2C)CC(=O)[N@@+]1(Cc1ccc(C#N)cc1)Cc1cnc[nH]1. The molecule has 4 rings (SSSR count). The molecule has 6 heteroatoms. The predicted molar refractivity (Wildman–Crippen MR) is 134 cm³/mol. The highest BCUT2D eigenvalue weighted by Gasteiger charge is 2.49. The van der Waals surface area contributed by atoms with E-state index in [-0.39, 0.29) is 11.9 Å². The number of H-pyrrole nitrogens is 1. The maximum atomic E-state index is 14.2. The van der Waals surface area contributed by atoms with Gasteiger partial charge in [0.05, 0.1) is 36.4 Å². The molecule has 1 aromatic heterocycles. The van der Waals surface area contributed by atoms with Gasteiger partial charge in [-0.1, -0.05) is 37.6 Å². The van der Waals surface area contributed by atoms with Gasteiger partial charge < -0.3 is 9.88 Å². The molecule has 1 saturated heterocycles. The molecule has 0 aliphatic carbocycles. The maximum Gasteiger partial charge on any atom is 0.333 e. The van der Waals surface area contributed by atoms with Crippen LogP contribution in [-0.2, 0) is 17.9 Å². The summed E-state index contributed by atoms with van der Waals surface area (Å²) in [6.45, 7) is 8.90. The Morgan fingerprint density at radius 1 is 1.18 bits per heavy atom. The molecule has 2 aromatic carbocycles. The standard InChI is InChI=1S/C28H34N5O/c1-4-5-8-26-16-32(27-9-6-7-21(2)22(27)3)17-28(34)33(26,19-25-15-30-20-31-25)18-24-12-10-23(14-29)11-13-24/h6-7,9-13,15,20,26H,4-5,8,16-19H2,1-3H3,(H,30,31)/q+1/t26?,33-/m0/s1. The first-order valence-corrected chi connectivity index (χ1v) is 12.1. The van der Waals surface area contributed by atoms with Crippen molar-refractivity contribution in [2.75, 3.05) is 18.0 Å². The van der Waals surface area contributed by atoms with Gasteiger partial charge in [-0.15, -0.1) is 0 Å². The number of piperazine rings is 1. The van der Waals surface area contributed by atoms with Gasteiger partial charge in [0.2, 0.25) is 0 Å². The van der Waals surface area contributed by atoms with Crippen molar-refractivity contribution in [1.82, 2.24) is 9.97 Å². The quantitative estimate of drug-likeness (QED) is 0.483. The lowest BCUT2D eigenvalue weighted by Gasteiger charge is -2.49. The third-order valence-electron chi connectivity index (χ3n) is 7.32. The van der Waals surface area contributed by atoms with E-state index in [9.17, 15) is 10.1 Å². The number of benzene rings is 2. The number of unbranched alkanes of at least 4 members (excludes halogenated alkanes) is 1. The molecular weight excluding hydrogens is 422 g/mol. The van der Waals surface area contributed by atoms with Crippen LogP contribution in [0.3, 0.4) is 0 Å². The minimum absolute atomic E-state index is 0.153. The first-order chi connectivity index (χ1) is 16.5. The Morgan fingerprint density at radius 3 is 2.65 bits per heavy atom. The van der Waals surface area contributed by atoms with E-state index in [2.05, 4.69) is 59.9 Å². The van der Waals surface area contributed by atoms with Crippen LogP contribution in [0.4, 0.5) is 5.69 Å². The van der Waals surface area contributed by atoms with Crippen LogP contribution in [-0.4, -0.2) is 39.5 Å². The highest BCUT2D eigenvalue weighted by Crippen LogP contribution is 2.34. The van der Waals surface area contributed by atoms with Crippen molar-refractivity contribution in [2.45, 2.75) is 59.2 Å². The topological polar surface area (TPSA) is 72.8 Å². The molecular formula is C28H34N5O+. The molecule has 1 aliphatic rings. The number of anilines is 1. The molecule has 2 atom stereocenters. The number of aryl methyl sites for hydroxylation is 1. The molecule has 1 fully saturated rings. The summed E-state index contributed by atoms with van der Waals surface area (Å²) in [5.41, 5.74) is 6.34. The Morgan fingerprint density at radius 2 is 1.97 bits per heavy atom. The number of aromatic amines is 1. The van der Waals surface area contributed by atoms with Gasteiger partial charge in [0, 0.05) is 17.7 Å². The van der Waals surface area contributed by atoms with Crippen LogP contribution in [0.2, 0.25) is 0 Å². The van der Waals surface area contributed by atoms with Crippen LogP contribution in [0, 0.1) is 25.2 Å². The van der Waals surface area contributed by atoms with Crippen molar-refractivity contribution >= 4 is 11.6 Å². The summed E-state index contributed by atoms with van der Waals surface area (Å²) < 4.78 is 0.370. The number of hydrogen-bond donors (Lipinski definition) is 1. The van der Waals surface area contributed by atoms with Crippen molar-refractivity contribution in [3.63, 3.8) is 0 Å². The second-order valence-electron chi connectivity index (χ2n) is 9.53. The number of hydrogen-bond acceptors (Lipinski definition) is 4. The fourth-order valence-corrected chi connectivity index (χ4v) is 5.20.